The van der Waals surface area contributed by atoms with E-state index in [1.807, 2.05) is 0 Å². The Morgan fingerprint density at radius 1 is 1.40 bits per heavy atom. The van der Waals surface area contributed by atoms with Crippen LogP contribution in [-0.2, 0) is 0 Å². The summed E-state index contributed by atoms with van der Waals surface area (Å²) in [6.45, 7) is 8.62. The zero-order chi connectivity index (χ0) is 11.4. The number of rotatable bonds is 5. The lowest BCUT2D eigenvalue weighted by atomic mass is 10.0. The van der Waals surface area contributed by atoms with Gasteiger partial charge in [0.1, 0.15) is 0 Å². The molecule has 1 heterocycles. The summed E-state index contributed by atoms with van der Waals surface area (Å²) in [5.41, 5.74) is 0. The first kappa shape index (κ1) is 12.9. The minimum absolute atomic E-state index is 0.135. The lowest BCUT2D eigenvalue weighted by molar-refractivity contribution is 0.180. The van der Waals surface area contributed by atoms with Crippen molar-refractivity contribution in [1.29, 1.82) is 0 Å². The summed E-state index contributed by atoms with van der Waals surface area (Å²) in [5.74, 6) is 0.754. The number of nitrogens with one attached hydrogen (secondary N) is 1. The molecular formula is C12H26N2O. The van der Waals surface area contributed by atoms with Crippen LogP contribution in [0.2, 0.25) is 0 Å². The molecule has 0 radical (unpaired) electrons. The van der Waals surface area contributed by atoms with E-state index in [4.69, 9.17) is 0 Å². The molecule has 1 fully saturated rings. The van der Waals surface area contributed by atoms with Gasteiger partial charge in [0.05, 0.1) is 6.10 Å². The molecule has 0 aromatic heterocycles. The predicted octanol–water partition coefficient (Wildman–Crippen LogP) is 1.08. The van der Waals surface area contributed by atoms with E-state index in [9.17, 15) is 5.11 Å². The Morgan fingerprint density at radius 2 is 2.07 bits per heavy atom. The third-order valence-corrected chi connectivity index (χ3v) is 3.27. The van der Waals surface area contributed by atoms with E-state index in [0.717, 1.165) is 25.4 Å². The van der Waals surface area contributed by atoms with Gasteiger partial charge in [0.15, 0.2) is 0 Å². The topological polar surface area (TPSA) is 35.5 Å². The molecule has 1 saturated heterocycles. The predicted molar refractivity (Wildman–Crippen MR) is 64.0 cm³/mol. The minimum Gasteiger partial charge on any atom is -0.392 e. The number of likely N-dealkylation sites (N-methyl/N-ethyl adjacent to an activating group) is 1. The van der Waals surface area contributed by atoms with Crippen molar-refractivity contribution in [2.75, 3.05) is 20.1 Å². The number of nitrogens with zero attached hydrogens (tertiary/aromatic N) is 1. The molecule has 0 aromatic carbocycles. The van der Waals surface area contributed by atoms with Crippen LogP contribution in [0.3, 0.4) is 0 Å². The summed E-state index contributed by atoms with van der Waals surface area (Å²) in [6, 6.07) is 1.10. The van der Waals surface area contributed by atoms with Gasteiger partial charge in [0.2, 0.25) is 0 Å². The van der Waals surface area contributed by atoms with Gasteiger partial charge in [-0.1, -0.05) is 13.8 Å². The quantitative estimate of drug-likeness (QED) is 0.719. The fourth-order valence-corrected chi connectivity index (χ4v) is 2.33. The highest BCUT2D eigenvalue weighted by atomic mass is 16.3. The molecule has 1 aliphatic rings. The molecule has 0 aromatic rings. The average Bonchev–Trinajstić information content (AvgIpc) is 2.50. The van der Waals surface area contributed by atoms with E-state index in [-0.39, 0.29) is 6.10 Å². The van der Waals surface area contributed by atoms with Crippen LogP contribution in [0.25, 0.3) is 0 Å². The summed E-state index contributed by atoms with van der Waals surface area (Å²) < 4.78 is 0. The van der Waals surface area contributed by atoms with Crippen molar-refractivity contribution in [3.63, 3.8) is 0 Å². The van der Waals surface area contributed by atoms with Crippen LogP contribution in [0.1, 0.15) is 33.6 Å². The van der Waals surface area contributed by atoms with E-state index < -0.39 is 0 Å². The number of aliphatic hydroxyl groups is 1. The second kappa shape index (κ2) is 5.83. The van der Waals surface area contributed by atoms with E-state index in [2.05, 4.69) is 38.0 Å². The van der Waals surface area contributed by atoms with E-state index in [1.165, 1.54) is 6.42 Å². The second-order valence-electron chi connectivity index (χ2n) is 5.41. The van der Waals surface area contributed by atoms with Gasteiger partial charge < -0.3 is 15.3 Å². The third kappa shape index (κ3) is 4.49. The monoisotopic (exact) mass is 214 g/mol. The molecule has 1 rings (SSSR count). The van der Waals surface area contributed by atoms with Gasteiger partial charge in [-0.2, -0.15) is 0 Å². The van der Waals surface area contributed by atoms with Crippen LogP contribution >= 0.6 is 0 Å². The Morgan fingerprint density at radius 3 is 2.53 bits per heavy atom. The molecular weight excluding hydrogens is 188 g/mol. The van der Waals surface area contributed by atoms with Gasteiger partial charge in [-0.25, -0.2) is 0 Å². The van der Waals surface area contributed by atoms with Gasteiger partial charge >= 0.3 is 0 Å². The highest BCUT2D eigenvalue weighted by Crippen LogP contribution is 2.13. The highest BCUT2D eigenvalue weighted by Gasteiger charge is 2.24. The third-order valence-electron chi connectivity index (χ3n) is 3.27. The molecule has 1 aliphatic heterocycles. The molecule has 0 bridgehead atoms. The fourth-order valence-electron chi connectivity index (χ4n) is 2.33. The Bertz CT molecular complexity index is 184. The molecule has 0 spiro atoms. The molecule has 90 valence electrons. The van der Waals surface area contributed by atoms with E-state index in [0.29, 0.717) is 12.1 Å². The zero-order valence-corrected chi connectivity index (χ0v) is 10.5. The van der Waals surface area contributed by atoms with Crippen molar-refractivity contribution < 1.29 is 5.11 Å². The average molecular weight is 214 g/mol. The Kier molecular flexibility index (Phi) is 5.03. The maximum Gasteiger partial charge on any atom is 0.0680 e. The lowest BCUT2D eigenvalue weighted by Gasteiger charge is -2.28. The smallest absolute Gasteiger partial charge is 0.0680 e. The normalized spacial score (nSPS) is 29.0. The molecule has 3 heteroatoms. The first-order valence-electron chi connectivity index (χ1n) is 6.10. The van der Waals surface area contributed by atoms with Crippen molar-refractivity contribution in [3.05, 3.63) is 0 Å². The van der Waals surface area contributed by atoms with E-state index in [1.54, 1.807) is 0 Å². The van der Waals surface area contributed by atoms with Gasteiger partial charge in [-0.3, -0.25) is 0 Å². The van der Waals surface area contributed by atoms with Crippen molar-refractivity contribution in [1.82, 2.24) is 10.2 Å². The minimum atomic E-state index is -0.135. The number of hydrogen-bond acceptors (Lipinski definition) is 3. The van der Waals surface area contributed by atoms with Crippen LogP contribution in [-0.4, -0.2) is 48.3 Å². The standard InChI is InChI=1S/C12H26N2O/c1-9(2)5-10(3)14(4)8-11-6-12(15)7-13-11/h9-13,15H,5-8H2,1-4H3. The molecule has 0 aliphatic carbocycles. The van der Waals surface area contributed by atoms with Gasteiger partial charge in [0, 0.05) is 25.2 Å². The zero-order valence-electron chi connectivity index (χ0n) is 10.5. The van der Waals surface area contributed by atoms with Gasteiger partial charge in [-0.05, 0) is 32.7 Å². The van der Waals surface area contributed by atoms with Crippen LogP contribution in [0.5, 0.6) is 0 Å². The molecule has 0 amide bonds. The summed E-state index contributed by atoms with van der Waals surface area (Å²) in [4.78, 5) is 2.40. The first-order chi connectivity index (χ1) is 6.99. The number of aliphatic hydroxyl groups excluding tert-OH is 1. The van der Waals surface area contributed by atoms with Crippen molar-refractivity contribution in [2.45, 2.75) is 51.8 Å². The van der Waals surface area contributed by atoms with Crippen LogP contribution in [0, 0.1) is 5.92 Å². The Balaban J connectivity index is 2.25. The van der Waals surface area contributed by atoms with Crippen molar-refractivity contribution in [2.24, 2.45) is 5.92 Å². The Labute approximate surface area is 93.9 Å². The van der Waals surface area contributed by atoms with Gasteiger partial charge in [-0.15, -0.1) is 0 Å². The summed E-state index contributed by atoms with van der Waals surface area (Å²) in [5, 5.41) is 12.8. The van der Waals surface area contributed by atoms with Crippen LogP contribution < -0.4 is 5.32 Å². The largest absolute Gasteiger partial charge is 0.392 e. The summed E-state index contributed by atoms with van der Waals surface area (Å²) in [7, 11) is 2.18. The number of hydrogen-bond donors (Lipinski definition) is 2. The summed E-state index contributed by atoms with van der Waals surface area (Å²) in [6.07, 6.45) is 2.01. The molecule has 3 atom stereocenters. The fraction of sp³-hybridized carbons (Fsp3) is 1.00. The van der Waals surface area contributed by atoms with Crippen molar-refractivity contribution in [3.8, 4) is 0 Å². The van der Waals surface area contributed by atoms with Crippen LogP contribution in [0.15, 0.2) is 0 Å². The van der Waals surface area contributed by atoms with Crippen molar-refractivity contribution >= 4 is 0 Å². The molecule has 2 N–H and O–H groups in total. The molecule has 3 unspecified atom stereocenters. The molecule has 3 nitrogen and oxygen atoms in total. The summed E-state index contributed by atoms with van der Waals surface area (Å²) >= 11 is 0. The number of β-amino-alcohol motifs (C(OH)–C–C–N with tert-alkyl or cyclic N) is 1. The van der Waals surface area contributed by atoms with Crippen LogP contribution in [0.4, 0.5) is 0 Å². The van der Waals surface area contributed by atoms with E-state index >= 15 is 0 Å². The van der Waals surface area contributed by atoms with Gasteiger partial charge in [0.25, 0.3) is 0 Å². The highest BCUT2D eigenvalue weighted by molar-refractivity contribution is 4.84. The lowest BCUT2D eigenvalue weighted by Crippen LogP contribution is -2.40. The SMILES string of the molecule is CC(C)CC(C)N(C)CC1CC(O)CN1. The maximum atomic E-state index is 9.42. The Hall–Kier alpha value is -0.120. The molecule has 15 heavy (non-hydrogen) atoms. The molecule has 0 saturated carbocycles. The first-order valence-corrected chi connectivity index (χ1v) is 6.10. The maximum absolute atomic E-state index is 9.42. The second-order valence-corrected chi connectivity index (χ2v) is 5.41.